The van der Waals surface area contributed by atoms with Gasteiger partial charge in [0.15, 0.2) is 0 Å². The van der Waals surface area contributed by atoms with E-state index in [0.717, 1.165) is 14.3 Å². The summed E-state index contributed by atoms with van der Waals surface area (Å²) in [6.07, 6.45) is 0. The van der Waals surface area contributed by atoms with Crippen molar-refractivity contribution in [2.75, 3.05) is 5.73 Å². The molecule has 0 aromatic heterocycles. The zero-order valence-corrected chi connectivity index (χ0v) is 11.6. The molecular formula is C12H9BrN2O2S. The van der Waals surface area contributed by atoms with Gasteiger partial charge in [-0.1, -0.05) is 23.9 Å². The highest BCUT2D eigenvalue weighted by molar-refractivity contribution is 9.10. The number of benzene rings is 2. The molecular weight excluding hydrogens is 316 g/mol. The molecule has 0 aliphatic carbocycles. The van der Waals surface area contributed by atoms with Crippen molar-refractivity contribution in [2.45, 2.75) is 9.79 Å². The molecule has 18 heavy (non-hydrogen) atoms. The van der Waals surface area contributed by atoms with Crippen LogP contribution in [0.1, 0.15) is 0 Å². The minimum Gasteiger partial charge on any atom is -0.398 e. The predicted molar refractivity (Wildman–Crippen MR) is 75.8 cm³/mol. The van der Waals surface area contributed by atoms with E-state index in [1.165, 1.54) is 23.9 Å². The Morgan fingerprint density at radius 3 is 2.61 bits per heavy atom. The van der Waals surface area contributed by atoms with E-state index in [0.29, 0.717) is 5.69 Å². The second-order valence-corrected chi connectivity index (χ2v) is 5.52. The second kappa shape index (κ2) is 5.41. The summed E-state index contributed by atoms with van der Waals surface area (Å²) in [7, 11) is 0. The smallest absolute Gasteiger partial charge is 0.272 e. The SMILES string of the molecule is Nc1cc(Sc2ccccc2Br)cc([N+](=O)[O-])c1. The number of hydrogen-bond donors (Lipinski definition) is 1. The molecule has 0 saturated heterocycles. The highest BCUT2D eigenvalue weighted by Gasteiger charge is 2.10. The topological polar surface area (TPSA) is 69.2 Å². The lowest BCUT2D eigenvalue weighted by atomic mass is 10.3. The molecule has 0 saturated carbocycles. The van der Waals surface area contributed by atoms with Crippen LogP contribution in [0.15, 0.2) is 56.7 Å². The Morgan fingerprint density at radius 1 is 1.22 bits per heavy atom. The predicted octanol–water partition coefficient (Wildman–Crippen LogP) is 4.09. The van der Waals surface area contributed by atoms with E-state index < -0.39 is 4.92 Å². The first-order chi connectivity index (χ1) is 8.56. The lowest BCUT2D eigenvalue weighted by Gasteiger charge is -2.05. The van der Waals surface area contributed by atoms with Crippen molar-refractivity contribution in [3.8, 4) is 0 Å². The molecule has 2 rings (SSSR count). The van der Waals surface area contributed by atoms with Gasteiger partial charge in [-0.2, -0.15) is 0 Å². The molecule has 0 fully saturated rings. The Hall–Kier alpha value is -1.53. The highest BCUT2D eigenvalue weighted by Crippen LogP contribution is 2.35. The summed E-state index contributed by atoms with van der Waals surface area (Å²) in [5, 5.41) is 10.8. The molecule has 92 valence electrons. The summed E-state index contributed by atoms with van der Waals surface area (Å²) >= 11 is 4.86. The Kier molecular flexibility index (Phi) is 3.88. The van der Waals surface area contributed by atoms with E-state index in [1.54, 1.807) is 6.07 Å². The maximum Gasteiger partial charge on any atom is 0.272 e. The minimum absolute atomic E-state index is 0.00422. The van der Waals surface area contributed by atoms with Crippen LogP contribution in [0.25, 0.3) is 0 Å². The van der Waals surface area contributed by atoms with Gasteiger partial charge in [-0.15, -0.1) is 0 Å². The fourth-order valence-corrected chi connectivity index (χ4v) is 2.89. The van der Waals surface area contributed by atoms with E-state index in [2.05, 4.69) is 15.9 Å². The van der Waals surface area contributed by atoms with Crippen LogP contribution in [-0.2, 0) is 0 Å². The zero-order valence-electron chi connectivity index (χ0n) is 9.17. The first-order valence-corrected chi connectivity index (χ1v) is 6.64. The number of nitro benzene ring substituents is 1. The largest absolute Gasteiger partial charge is 0.398 e. The summed E-state index contributed by atoms with van der Waals surface area (Å²) in [5.74, 6) is 0. The number of non-ortho nitro benzene ring substituents is 1. The zero-order chi connectivity index (χ0) is 13.1. The third kappa shape index (κ3) is 3.02. The molecule has 2 N–H and O–H groups in total. The molecule has 6 heteroatoms. The number of nitrogens with zero attached hydrogens (tertiary/aromatic N) is 1. The van der Waals surface area contributed by atoms with Crippen molar-refractivity contribution >= 4 is 39.1 Å². The van der Waals surface area contributed by atoms with Gasteiger partial charge in [0, 0.05) is 32.1 Å². The normalized spacial score (nSPS) is 10.3. The van der Waals surface area contributed by atoms with Crippen molar-refractivity contribution in [3.63, 3.8) is 0 Å². The van der Waals surface area contributed by atoms with Gasteiger partial charge in [-0.3, -0.25) is 10.1 Å². The fraction of sp³-hybridized carbons (Fsp3) is 0. The van der Waals surface area contributed by atoms with E-state index >= 15 is 0 Å². The van der Waals surface area contributed by atoms with Crippen molar-refractivity contribution in [1.29, 1.82) is 0 Å². The molecule has 0 spiro atoms. The van der Waals surface area contributed by atoms with Crippen LogP contribution in [0.5, 0.6) is 0 Å². The van der Waals surface area contributed by atoms with E-state index in [9.17, 15) is 10.1 Å². The molecule has 0 aliphatic rings. The molecule has 2 aromatic carbocycles. The number of halogens is 1. The molecule has 0 atom stereocenters. The van der Waals surface area contributed by atoms with Crippen LogP contribution in [-0.4, -0.2) is 4.92 Å². The van der Waals surface area contributed by atoms with Gasteiger partial charge >= 0.3 is 0 Å². The van der Waals surface area contributed by atoms with Crippen molar-refractivity contribution in [3.05, 3.63) is 57.1 Å². The van der Waals surface area contributed by atoms with Crippen LogP contribution in [0.4, 0.5) is 11.4 Å². The Balaban J connectivity index is 2.35. The van der Waals surface area contributed by atoms with Crippen molar-refractivity contribution in [1.82, 2.24) is 0 Å². The van der Waals surface area contributed by atoms with Gasteiger partial charge in [0.1, 0.15) is 0 Å². The maximum absolute atomic E-state index is 10.8. The average molecular weight is 325 g/mol. The first kappa shape index (κ1) is 12.9. The fourth-order valence-electron chi connectivity index (χ4n) is 1.42. The molecule has 0 heterocycles. The molecule has 0 amide bonds. The highest BCUT2D eigenvalue weighted by atomic mass is 79.9. The molecule has 0 radical (unpaired) electrons. The molecule has 0 aliphatic heterocycles. The van der Waals surface area contributed by atoms with Crippen LogP contribution >= 0.6 is 27.7 Å². The standard InChI is InChI=1S/C12H9BrN2O2S/c13-11-3-1-2-4-12(11)18-10-6-8(14)5-9(7-10)15(16)17/h1-7H,14H2. The van der Waals surface area contributed by atoms with Crippen molar-refractivity contribution in [2.24, 2.45) is 0 Å². The van der Waals surface area contributed by atoms with E-state index in [-0.39, 0.29) is 5.69 Å². The molecule has 0 bridgehead atoms. The number of rotatable bonds is 3. The van der Waals surface area contributed by atoms with Gasteiger partial charge < -0.3 is 5.73 Å². The van der Waals surface area contributed by atoms with Crippen LogP contribution in [0.2, 0.25) is 0 Å². The Bertz CT molecular complexity index is 604. The average Bonchev–Trinajstić information content (AvgIpc) is 2.31. The third-order valence-electron chi connectivity index (χ3n) is 2.19. The van der Waals surface area contributed by atoms with Crippen LogP contribution in [0, 0.1) is 10.1 Å². The summed E-state index contributed by atoms with van der Waals surface area (Å²) in [6.45, 7) is 0. The number of hydrogen-bond acceptors (Lipinski definition) is 4. The van der Waals surface area contributed by atoms with Gasteiger partial charge in [0.25, 0.3) is 5.69 Å². The lowest BCUT2D eigenvalue weighted by Crippen LogP contribution is -1.92. The van der Waals surface area contributed by atoms with Crippen LogP contribution in [0.3, 0.4) is 0 Å². The van der Waals surface area contributed by atoms with Crippen LogP contribution < -0.4 is 5.73 Å². The first-order valence-electron chi connectivity index (χ1n) is 5.03. The molecule has 2 aromatic rings. The quantitative estimate of drug-likeness (QED) is 0.524. The van der Waals surface area contributed by atoms with Gasteiger partial charge in [0.05, 0.1) is 4.92 Å². The summed E-state index contributed by atoms with van der Waals surface area (Å²) in [4.78, 5) is 12.0. The lowest BCUT2D eigenvalue weighted by molar-refractivity contribution is -0.385. The molecule has 0 unspecified atom stereocenters. The van der Waals surface area contributed by atoms with E-state index in [1.807, 2.05) is 24.3 Å². The number of nitro groups is 1. The number of nitrogens with two attached hydrogens (primary N) is 1. The Morgan fingerprint density at radius 2 is 1.94 bits per heavy atom. The van der Waals surface area contributed by atoms with Gasteiger partial charge in [-0.05, 0) is 34.1 Å². The second-order valence-electron chi connectivity index (χ2n) is 3.55. The molecule has 4 nitrogen and oxygen atoms in total. The van der Waals surface area contributed by atoms with Gasteiger partial charge in [-0.25, -0.2) is 0 Å². The maximum atomic E-state index is 10.8. The monoisotopic (exact) mass is 324 g/mol. The van der Waals surface area contributed by atoms with Gasteiger partial charge in [0.2, 0.25) is 0 Å². The summed E-state index contributed by atoms with van der Waals surface area (Å²) < 4.78 is 0.945. The summed E-state index contributed by atoms with van der Waals surface area (Å²) in [6, 6.07) is 12.3. The minimum atomic E-state index is -0.444. The number of anilines is 1. The summed E-state index contributed by atoms with van der Waals surface area (Å²) in [5.41, 5.74) is 6.05. The van der Waals surface area contributed by atoms with E-state index in [4.69, 9.17) is 5.73 Å². The van der Waals surface area contributed by atoms with Crippen molar-refractivity contribution < 1.29 is 4.92 Å². The number of nitrogen functional groups attached to an aromatic ring is 1. The Labute approximate surface area is 116 Å². The third-order valence-corrected chi connectivity index (χ3v) is 4.19.